The van der Waals surface area contributed by atoms with Gasteiger partial charge in [-0.2, -0.15) is 0 Å². The third-order valence-electron chi connectivity index (χ3n) is 4.57. The lowest BCUT2D eigenvalue weighted by molar-refractivity contribution is -0.120. The summed E-state index contributed by atoms with van der Waals surface area (Å²) in [4.78, 5) is 38.4. The summed E-state index contributed by atoms with van der Waals surface area (Å²) < 4.78 is 5.27. The summed E-state index contributed by atoms with van der Waals surface area (Å²) in [6, 6.07) is 16.3. The van der Waals surface area contributed by atoms with Gasteiger partial charge >= 0.3 is 0 Å². The number of anilines is 1. The fourth-order valence-corrected chi connectivity index (χ4v) is 3.06. The molecular weight excluding hydrogens is 370 g/mol. The van der Waals surface area contributed by atoms with Gasteiger partial charge in [0.05, 0.1) is 19.6 Å². The van der Waals surface area contributed by atoms with Crippen molar-refractivity contribution >= 4 is 23.4 Å². The van der Waals surface area contributed by atoms with E-state index in [0.29, 0.717) is 37.6 Å². The first kappa shape index (κ1) is 20.5. The lowest BCUT2D eigenvalue weighted by Crippen LogP contribution is -2.40. The molecule has 152 valence electrons. The summed E-state index contributed by atoms with van der Waals surface area (Å²) >= 11 is 0. The predicted octanol–water partition coefficient (Wildman–Crippen LogP) is 1.85. The van der Waals surface area contributed by atoms with Crippen LogP contribution in [0.1, 0.15) is 22.3 Å². The molecule has 0 spiro atoms. The number of carbonyl (C=O) groups is 3. The molecule has 29 heavy (non-hydrogen) atoms. The summed E-state index contributed by atoms with van der Waals surface area (Å²) in [7, 11) is 0. The maximum Gasteiger partial charge on any atom is 0.254 e. The first-order chi connectivity index (χ1) is 14.1. The van der Waals surface area contributed by atoms with Crippen LogP contribution in [0, 0.1) is 0 Å². The van der Waals surface area contributed by atoms with E-state index in [-0.39, 0.29) is 37.1 Å². The minimum atomic E-state index is -0.221. The van der Waals surface area contributed by atoms with Crippen LogP contribution in [0.25, 0.3) is 0 Å². The smallest absolute Gasteiger partial charge is 0.254 e. The van der Waals surface area contributed by atoms with Crippen molar-refractivity contribution in [2.24, 2.45) is 0 Å². The summed E-state index contributed by atoms with van der Waals surface area (Å²) in [5.41, 5.74) is 2.02. The molecule has 1 aliphatic heterocycles. The fourth-order valence-electron chi connectivity index (χ4n) is 3.06. The zero-order valence-corrected chi connectivity index (χ0v) is 16.2. The normalized spacial score (nSPS) is 13.6. The van der Waals surface area contributed by atoms with Crippen LogP contribution >= 0.6 is 0 Å². The molecule has 0 unspecified atom stereocenters. The molecule has 2 aromatic rings. The second-order valence-electron chi connectivity index (χ2n) is 6.80. The van der Waals surface area contributed by atoms with Crippen LogP contribution in [0.3, 0.4) is 0 Å². The van der Waals surface area contributed by atoms with Gasteiger partial charge in [0.25, 0.3) is 5.91 Å². The number of rotatable bonds is 7. The van der Waals surface area contributed by atoms with Crippen LogP contribution in [-0.4, -0.2) is 55.5 Å². The monoisotopic (exact) mass is 395 g/mol. The molecule has 0 aromatic heterocycles. The Kier molecular flexibility index (Phi) is 7.35. The Labute approximate surface area is 170 Å². The van der Waals surface area contributed by atoms with E-state index in [9.17, 15) is 14.4 Å². The third-order valence-corrected chi connectivity index (χ3v) is 4.57. The number of hydrogen-bond donors (Lipinski definition) is 2. The molecular formula is C22H25N3O4. The zero-order chi connectivity index (χ0) is 20.5. The topological polar surface area (TPSA) is 87.7 Å². The van der Waals surface area contributed by atoms with E-state index in [2.05, 4.69) is 10.6 Å². The predicted molar refractivity (Wildman–Crippen MR) is 110 cm³/mol. The highest BCUT2D eigenvalue weighted by molar-refractivity contribution is 5.97. The Balaban J connectivity index is 1.44. The summed E-state index contributed by atoms with van der Waals surface area (Å²) in [5, 5.41) is 5.53. The van der Waals surface area contributed by atoms with Crippen LogP contribution in [0.4, 0.5) is 5.69 Å². The van der Waals surface area contributed by atoms with Gasteiger partial charge in [-0.25, -0.2) is 0 Å². The Bertz CT molecular complexity index is 848. The molecule has 1 heterocycles. The van der Waals surface area contributed by atoms with Crippen molar-refractivity contribution in [2.45, 2.75) is 12.8 Å². The zero-order valence-electron chi connectivity index (χ0n) is 16.2. The molecule has 0 saturated carbocycles. The van der Waals surface area contributed by atoms with Crippen LogP contribution in [0.5, 0.6) is 0 Å². The number of hydrogen-bond acceptors (Lipinski definition) is 4. The third kappa shape index (κ3) is 6.43. The molecule has 0 atom stereocenters. The van der Waals surface area contributed by atoms with E-state index in [0.717, 1.165) is 5.56 Å². The van der Waals surface area contributed by atoms with Crippen LogP contribution < -0.4 is 10.6 Å². The summed E-state index contributed by atoms with van der Waals surface area (Å²) in [6.07, 6.45) is 0.441. The van der Waals surface area contributed by atoms with E-state index in [1.54, 1.807) is 29.2 Å². The molecule has 2 aromatic carbocycles. The van der Waals surface area contributed by atoms with Crippen molar-refractivity contribution in [3.05, 3.63) is 65.7 Å². The van der Waals surface area contributed by atoms with Crippen molar-refractivity contribution in [3.63, 3.8) is 0 Å². The molecule has 3 rings (SSSR count). The van der Waals surface area contributed by atoms with Gasteiger partial charge < -0.3 is 20.3 Å². The van der Waals surface area contributed by atoms with Gasteiger partial charge in [0, 0.05) is 37.3 Å². The van der Waals surface area contributed by atoms with Crippen LogP contribution in [0.15, 0.2) is 54.6 Å². The molecule has 0 bridgehead atoms. The molecule has 1 saturated heterocycles. The highest BCUT2D eigenvalue weighted by Gasteiger charge is 2.18. The van der Waals surface area contributed by atoms with Crippen LogP contribution in [-0.2, 0) is 20.7 Å². The molecule has 7 nitrogen and oxygen atoms in total. The largest absolute Gasteiger partial charge is 0.378 e. The quantitative estimate of drug-likeness (QED) is 0.749. The summed E-state index contributed by atoms with van der Waals surface area (Å²) in [5.74, 6) is -0.416. The Morgan fingerprint density at radius 3 is 2.45 bits per heavy atom. The molecule has 1 aliphatic rings. The Hall–Kier alpha value is -3.19. The van der Waals surface area contributed by atoms with Crippen LogP contribution in [0.2, 0.25) is 0 Å². The van der Waals surface area contributed by atoms with Gasteiger partial charge in [-0.15, -0.1) is 0 Å². The number of carbonyl (C=O) groups excluding carboxylic acids is 3. The fraction of sp³-hybridized carbons (Fsp3) is 0.318. The molecule has 2 N–H and O–H groups in total. The number of ether oxygens (including phenoxy) is 1. The highest BCUT2D eigenvalue weighted by Crippen LogP contribution is 2.14. The first-order valence-electron chi connectivity index (χ1n) is 9.69. The standard InChI is InChI=1S/C22H25N3O4/c26-20(9-10-23-21(27)15-17-5-2-1-3-6-17)24-19-8-4-7-18(16-19)22(28)25-11-13-29-14-12-25/h1-8,16H,9-15H2,(H,23,27)(H,24,26). The number of nitrogens with one attached hydrogen (secondary N) is 2. The Morgan fingerprint density at radius 1 is 0.931 bits per heavy atom. The molecule has 0 aliphatic carbocycles. The van der Waals surface area contributed by atoms with Crippen molar-refractivity contribution in [3.8, 4) is 0 Å². The number of morpholine rings is 1. The van der Waals surface area contributed by atoms with Crippen molar-refractivity contribution < 1.29 is 19.1 Å². The average Bonchev–Trinajstić information content (AvgIpc) is 2.74. The maximum absolute atomic E-state index is 12.5. The number of nitrogens with zero attached hydrogens (tertiary/aromatic N) is 1. The van der Waals surface area contributed by atoms with E-state index in [1.807, 2.05) is 30.3 Å². The van der Waals surface area contributed by atoms with E-state index in [1.165, 1.54) is 0 Å². The maximum atomic E-state index is 12.5. The van der Waals surface area contributed by atoms with Crippen molar-refractivity contribution in [2.75, 3.05) is 38.2 Å². The lowest BCUT2D eigenvalue weighted by atomic mass is 10.1. The van der Waals surface area contributed by atoms with Crippen molar-refractivity contribution in [1.82, 2.24) is 10.2 Å². The van der Waals surface area contributed by atoms with Gasteiger partial charge in [0.15, 0.2) is 0 Å². The SMILES string of the molecule is O=C(Cc1ccccc1)NCCC(=O)Nc1cccc(C(=O)N2CCOCC2)c1. The van der Waals surface area contributed by atoms with E-state index >= 15 is 0 Å². The second-order valence-corrected chi connectivity index (χ2v) is 6.80. The van der Waals surface area contributed by atoms with Gasteiger partial charge in [0.1, 0.15) is 0 Å². The molecule has 7 heteroatoms. The average molecular weight is 395 g/mol. The summed E-state index contributed by atoms with van der Waals surface area (Å²) in [6.45, 7) is 2.47. The highest BCUT2D eigenvalue weighted by atomic mass is 16.5. The second kappa shape index (κ2) is 10.4. The number of benzene rings is 2. The van der Waals surface area contributed by atoms with Gasteiger partial charge in [0.2, 0.25) is 11.8 Å². The minimum Gasteiger partial charge on any atom is -0.378 e. The molecule has 1 fully saturated rings. The Morgan fingerprint density at radius 2 is 1.69 bits per heavy atom. The van der Waals surface area contributed by atoms with Gasteiger partial charge in [-0.3, -0.25) is 14.4 Å². The van der Waals surface area contributed by atoms with Crippen molar-refractivity contribution in [1.29, 1.82) is 0 Å². The minimum absolute atomic E-state index is 0.0717. The molecule has 0 radical (unpaired) electrons. The van der Waals surface area contributed by atoms with E-state index < -0.39 is 0 Å². The number of amides is 3. The first-order valence-corrected chi connectivity index (χ1v) is 9.69. The lowest BCUT2D eigenvalue weighted by Gasteiger charge is -2.27. The van der Waals surface area contributed by atoms with E-state index in [4.69, 9.17) is 4.74 Å². The molecule has 3 amide bonds. The van der Waals surface area contributed by atoms with Gasteiger partial charge in [-0.1, -0.05) is 36.4 Å². The van der Waals surface area contributed by atoms with Gasteiger partial charge in [-0.05, 0) is 23.8 Å².